The van der Waals surface area contributed by atoms with Crippen molar-refractivity contribution in [3.63, 3.8) is 0 Å². The largest absolute Gasteiger partial charge is 0.375 e. The summed E-state index contributed by atoms with van der Waals surface area (Å²) in [6.07, 6.45) is 0.371. The Kier molecular flexibility index (Phi) is 5.40. The molecule has 2 rings (SSSR count). The molecule has 20 heavy (non-hydrogen) atoms. The topological polar surface area (TPSA) is 41.6 Å². The minimum absolute atomic E-state index is 0.0304. The molecule has 1 N–H and O–H groups in total. The third-order valence-electron chi connectivity index (χ3n) is 3.74. The van der Waals surface area contributed by atoms with Gasteiger partial charge in [-0.2, -0.15) is 0 Å². The molecule has 1 aromatic rings. The van der Waals surface area contributed by atoms with Crippen LogP contribution in [0, 0.1) is 0 Å². The second-order valence-electron chi connectivity index (χ2n) is 5.10. The second-order valence-corrected chi connectivity index (χ2v) is 5.51. The fraction of sp³-hybridized carbons (Fsp3) is 0.533. The van der Waals surface area contributed by atoms with Crippen molar-refractivity contribution in [1.82, 2.24) is 10.2 Å². The van der Waals surface area contributed by atoms with Gasteiger partial charge in [-0.15, -0.1) is 0 Å². The van der Waals surface area contributed by atoms with E-state index in [1.807, 2.05) is 38.2 Å². The molecule has 1 amide bonds. The summed E-state index contributed by atoms with van der Waals surface area (Å²) in [6.45, 7) is 4.25. The molecule has 1 aliphatic heterocycles. The van der Waals surface area contributed by atoms with Gasteiger partial charge in [-0.25, -0.2) is 0 Å². The van der Waals surface area contributed by atoms with Crippen LogP contribution in [0.5, 0.6) is 0 Å². The van der Waals surface area contributed by atoms with Crippen molar-refractivity contribution in [3.05, 3.63) is 34.9 Å². The van der Waals surface area contributed by atoms with Crippen molar-refractivity contribution >= 4 is 17.5 Å². The molecule has 0 aromatic heterocycles. The maximum atomic E-state index is 12.3. The number of carbonyl (C=O) groups is 1. The number of amides is 1. The van der Waals surface area contributed by atoms with Crippen LogP contribution >= 0.6 is 11.6 Å². The van der Waals surface area contributed by atoms with Crippen molar-refractivity contribution in [2.75, 3.05) is 26.7 Å². The third kappa shape index (κ3) is 3.72. The van der Waals surface area contributed by atoms with Crippen LogP contribution in [-0.4, -0.2) is 43.7 Å². The highest BCUT2D eigenvalue weighted by molar-refractivity contribution is 6.31. The summed E-state index contributed by atoms with van der Waals surface area (Å²) in [5.41, 5.74) is 0.965. The van der Waals surface area contributed by atoms with E-state index < -0.39 is 0 Å². The number of carbonyl (C=O) groups excluding carboxylic acids is 1. The van der Waals surface area contributed by atoms with Crippen molar-refractivity contribution in [2.45, 2.75) is 25.5 Å². The minimum Gasteiger partial charge on any atom is -0.375 e. The quantitative estimate of drug-likeness (QED) is 0.926. The van der Waals surface area contributed by atoms with Crippen LogP contribution < -0.4 is 5.32 Å². The van der Waals surface area contributed by atoms with E-state index in [-0.39, 0.29) is 18.1 Å². The molecule has 1 saturated heterocycles. The summed E-state index contributed by atoms with van der Waals surface area (Å²) in [5.74, 6) is 0.0751. The van der Waals surface area contributed by atoms with E-state index in [1.54, 1.807) is 4.90 Å². The van der Waals surface area contributed by atoms with Gasteiger partial charge in [0.05, 0.1) is 25.2 Å². The summed E-state index contributed by atoms with van der Waals surface area (Å²) in [4.78, 5) is 14.0. The predicted molar refractivity (Wildman–Crippen MR) is 79.9 cm³/mol. The Bertz CT molecular complexity index is 461. The fourth-order valence-corrected chi connectivity index (χ4v) is 2.62. The Morgan fingerprint density at radius 2 is 2.30 bits per heavy atom. The summed E-state index contributed by atoms with van der Waals surface area (Å²) >= 11 is 6.19. The Labute approximate surface area is 125 Å². The van der Waals surface area contributed by atoms with E-state index >= 15 is 0 Å². The lowest BCUT2D eigenvalue weighted by molar-refractivity contribution is -0.135. The Hall–Kier alpha value is -1.10. The van der Waals surface area contributed by atoms with Crippen LogP contribution in [0.15, 0.2) is 24.3 Å². The summed E-state index contributed by atoms with van der Waals surface area (Å²) in [7, 11) is 1.81. The fourth-order valence-electron chi connectivity index (χ4n) is 2.33. The lowest BCUT2D eigenvalue weighted by Gasteiger charge is -2.29. The van der Waals surface area contributed by atoms with Crippen LogP contribution in [0.4, 0.5) is 0 Å². The van der Waals surface area contributed by atoms with E-state index in [0.717, 1.165) is 18.7 Å². The molecule has 2 atom stereocenters. The van der Waals surface area contributed by atoms with Gasteiger partial charge < -0.3 is 15.0 Å². The number of hydrogen-bond donors (Lipinski definition) is 1. The van der Waals surface area contributed by atoms with E-state index in [0.29, 0.717) is 18.1 Å². The second kappa shape index (κ2) is 7.07. The SMILES string of the molecule is CC(c1ccccc1Cl)N(C)C(=O)CC1CNCCO1. The van der Waals surface area contributed by atoms with Crippen LogP contribution in [-0.2, 0) is 9.53 Å². The van der Waals surface area contributed by atoms with Crippen molar-refractivity contribution in [2.24, 2.45) is 0 Å². The molecule has 5 heteroatoms. The van der Waals surface area contributed by atoms with Crippen LogP contribution in [0.25, 0.3) is 0 Å². The van der Waals surface area contributed by atoms with Gasteiger partial charge in [0.2, 0.25) is 5.91 Å². The lowest BCUT2D eigenvalue weighted by atomic mass is 10.1. The molecular weight excluding hydrogens is 276 g/mol. The highest BCUT2D eigenvalue weighted by Gasteiger charge is 2.23. The summed E-state index contributed by atoms with van der Waals surface area (Å²) in [5, 5.41) is 3.92. The minimum atomic E-state index is -0.0484. The first-order chi connectivity index (χ1) is 9.59. The first kappa shape index (κ1) is 15.3. The monoisotopic (exact) mass is 296 g/mol. The number of rotatable bonds is 4. The number of benzene rings is 1. The zero-order valence-electron chi connectivity index (χ0n) is 11.9. The van der Waals surface area contributed by atoms with Crippen molar-refractivity contribution in [1.29, 1.82) is 0 Å². The predicted octanol–water partition coefficient (Wildman–Crippen LogP) is 2.24. The van der Waals surface area contributed by atoms with Gasteiger partial charge >= 0.3 is 0 Å². The molecule has 0 spiro atoms. The first-order valence-corrected chi connectivity index (χ1v) is 7.29. The molecule has 0 aliphatic carbocycles. The van der Waals surface area contributed by atoms with Gasteiger partial charge in [0.25, 0.3) is 0 Å². The zero-order valence-corrected chi connectivity index (χ0v) is 12.7. The molecule has 0 bridgehead atoms. The molecule has 0 radical (unpaired) electrons. The number of hydrogen-bond acceptors (Lipinski definition) is 3. The molecule has 110 valence electrons. The standard InChI is InChI=1S/C15H21ClN2O2/c1-11(13-5-3-4-6-14(13)16)18(2)15(19)9-12-10-17-7-8-20-12/h3-6,11-12,17H,7-10H2,1-2H3. The van der Waals surface area contributed by atoms with E-state index in [1.165, 1.54) is 0 Å². The number of halogens is 1. The van der Waals surface area contributed by atoms with E-state index in [2.05, 4.69) is 5.32 Å². The van der Waals surface area contributed by atoms with Crippen molar-refractivity contribution < 1.29 is 9.53 Å². The Balaban J connectivity index is 1.97. The third-order valence-corrected chi connectivity index (χ3v) is 4.08. The maximum Gasteiger partial charge on any atom is 0.225 e. The Morgan fingerprint density at radius 1 is 1.55 bits per heavy atom. The number of ether oxygens (including phenoxy) is 1. The number of morpholine rings is 1. The molecule has 2 unspecified atom stereocenters. The normalized spacial score (nSPS) is 20.4. The number of nitrogens with zero attached hydrogens (tertiary/aromatic N) is 1. The van der Waals surface area contributed by atoms with Gasteiger partial charge in [0.15, 0.2) is 0 Å². The van der Waals surface area contributed by atoms with Gasteiger partial charge in [0.1, 0.15) is 0 Å². The molecule has 1 heterocycles. The lowest BCUT2D eigenvalue weighted by Crippen LogP contribution is -2.42. The highest BCUT2D eigenvalue weighted by Crippen LogP contribution is 2.26. The average molecular weight is 297 g/mol. The van der Waals surface area contributed by atoms with Gasteiger partial charge in [-0.3, -0.25) is 4.79 Å². The zero-order chi connectivity index (χ0) is 14.5. The molecular formula is C15H21ClN2O2. The molecule has 1 aromatic carbocycles. The van der Waals surface area contributed by atoms with E-state index in [4.69, 9.17) is 16.3 Å². The average Bonchev–Trinajstić information content (AvgIpc) is 2.47. The molecule has 4 nitrogen and oxygen atoms in total. The molecule has 1 fully saturated rings. The van der Waals surface area contributed by atoms with Crippen LogP contribution in [0.2, 0.25) is 5.02 Å². The summed E-state index contributed by atoms with van der Waals surface area (Å²) < 4.78 is 5.57. The van der Waals surface area contributed by atoms with Crippen LogP contribution in [0.1, 0.15) is 24.9 Å². The summed E-state index contributed by atoms with van der Waals surface area (Å²) in [6, 6.07) is 7.58. The van der Waals surface area contributed by atoms with Gasteiger partial charge in [-0.1, -0.05) is 29.8 Å². The molecule has 0 saturated carbocycles. The van der Waals surface area contributed by atoms with Crippen LogP contribution in [0.3, 0.4) is 0 Å². The highest BCUT2D eigenvalue weighted by atomic mass is 35.5. The van der Waals surface area contributed by atoms with E-state index in [9.17, 15) is 4.79 Å². The Morgan fingerprint density at radius 3 is 2.95 bits per heavy atom. The molecule has 1 aliphatic rings. The first-order valence-electron chi connectivity index (χ1n) is 6.92. The smallest absolute Gasteiger partial charge is 0.225 e. The number of nitrogens with one attached hydrogen (secondary N) is 1. The van der Waals surface area contributed by atoms with Gasteiger partial charge in [0, 0.05) is 25.2 Å². The van der Waals surface area contributed by atoms with Gasteiger partial charge in [-0.05, 0) is 18.6 Å². The van der Waals surface area contributed by atoms with Crippen molar-refractivity contribution in [3.8, 4) is 0 Å². The maximum absolute atomic E-state index is 12.3.